The highest BCUT2D eigenvalue weighted by Gasteiger charge is 2.16. The van der Waals surface area contributed by atoms with Gasteiger partial charge in [0.05, 0.1) is 10.0 Å². The van der Waals surface area contributed by atoms with Crippen molar-refractivity contribution in [2.75, 3.05) is 23.3 Å². The number of carbonyl (C=O) groups excluding carboxylic acids is 1. The Balaban J connectivity index is 1.74. The molecule has 150 valence electrons. The van der Waals surface area contributed by atoms with Crippen LogP contribution >= 0.6 is 23.2 Å². The average molecular weight is 430 g/mol. The third-order valence-electron chi connectivity index (χ3n) is 4.13. The zero-order valence-corrected chi connectivity index (χ0v) is 17.2. The molecule has 2 amide bonds. The second-order valence-electron chi connectivity index (χ2n) is 6.26. The van der Waals surface area contributed by atoms with Crippen molar-refractivity contribution in [2.24, 2.45) is 5.73 Å². The Morgan fingerprint density at radius 1 is 0.931 bits per heavy atom. The highest BCUT2D eigenvalue weighted by molar-refractivity contribution is 6.42. The second kappa shape index (κ2) is 10.2. The molecule has 5 nitrogen and oxygen atoms in total. The van der Waals surface area contributed by atoms with Crippen LogP contribution in [0, 0.1) is 0 Å². The van der Waals surface area contributed by atoms with Crippen LogP contribution < -0.4 is 20.7 Å². The topological polar surface area (TPSA) is 67.6 Å². The first-order valence-electron chi connectivity index (χ1n) is 9.13. The molecule has 0 saturated carbocycles. The first kappa shape index (κ1) is 21.0. The fraction of sp³-hybridized carbons (Fsp3) is 0.136. The number of nitrogens with zero attached hydrogens (tertiary/aromatic N) is 1. The standard InChI is InChI=1S/C22H21Cl2N3O2/c23-20-12-7-16(15-21(20)24)26-22(28)27(14-4-13-25)17-8-10-19(11-9-17)29-18-5-2-1-3-6-18/h1-3,5-12,15H,4,13-14,25H2,(H,26,28). The summed E-state index contributed by atoms with van der Waals surface area (Å²) in [4.78, 5) is 14.5. The molecule has 0 unspecified atom stereocenters. The predicted octanol–water partition coefficient (Wildman–Crippen LogP) is 6.17. The summed E-state index contributed by atoms with van der Waals surface area (Å²) in [6.45, 7) is 0.953. The van der Waals surface area contributed by atoms with Crippen LogP contribution in [0.4, 0.5) is 16.2 Å². The molecular weight excluding hydrogens is 409 g/mol. The van der Waals surface area contributed by atoms with E-state index in [0.717, 1.165) is 11.4 Å². The number of amides is 2. The summed E-state index contributed by atoms with van der Waals surface area (Å²) in [5.41, 5.74) is 6.94. The van der Waals surface area contributed by atoms with Gasteiger partial charge in [-0.15, -0.1) is 0 Å². The number of hydrogen-bond donors (Lipinski definition) is 2. The number of anilines is 2. The van der Waals surface area contributed by atoms with E-state index in [2.05, 4.69) is 5.32 Å². The number of nitrogens with one attached hydrogen (secondary N) is 1. The van der Waals surface area contributed by atoms with Gasteiger partial charge in [-0.2, -0.15) is 0 Å². The highest BCUT2D eigenvalue weighted by Crippen LogP contribution is 2.27. The lowest BCUT2D eigenvalue weighted by Crippen LogP contribution is -2.36. The molecule has 0 spiro atoms. The van der Waals surface area contributed by atoms with Crippen LogP contribution in [0.5, 0.6) is 11.5 Å². The molecule has 3 aromatic carbocycles. The summed E-state index contributed by atoms with van der Waals surface area (Å²) in [7, 11) is 0. The maximum Gasteiger partial charge on any atom is 0.326 e. The molecule has 3 rings (SSSR count). The second-order valence-corrected chi connectivity index (χ2v) is 7.08. The number of hydrogen-bond acceptors (Lipinski definition) is 3. The molecule has 0 heterocycles. The van der Waals surface area contributed by atoms with E-state index in [1.807, 2.05) is 54.6 Å². The fourth-order valence-electron chi connectivity index (χ4n) is 2.68. The van der Waals surface area contributed by atoms with E-state index < -0.39 is 0 Å². The number of rotatable bonds is 7. The smallest absolute Gasteiger partial charge is 0.326 e. The van der Waals surface area contributed by atoms with E-state index in [1.165, 1.54) is 0 Å². The van der Waals surface area contributed by atoms with Gasteiger partial charge in [-0.3, -0.25) is 4.90 Å². The Hall–Kier alpha value is -2.73. The summed E-state index contributed by atoms with van der Waals surface area (Å²) in [6.07, 6.45) is 0.664. The van der Waals surface area contributed by atoms with Gasteiger partial charge in [0, 0.05) is 17.9 Å². The monoisotopic (exact) mass is 429 g/mol. The van der Waals surface area contributed by atoms with Gasteiger partial charge in [-0.1, -0.05) is 41.4 Å². The van der Waals surface area contributed by atoms with Crippen LogP contribution in [0.3, 0.4) is 0 Å². The molecule has 0 bridgehead atoms. The predicted molar refractivity (Wildman–Crippen MR) is 119 cm³/mol. The SMILES string of the molecule is NCCCN(C(=O)Nc1ccc(Cl)c(Cl)c1)c1ccc(Oc2ccccc2)cc1. The molecule has 3 N–H and O–H groups in total. The van der Waals surface area contributed by atoms with Gasteiger partial charge in [-0.05, 0) is 67.6 Å². The van der Waals surface area contributed by atoms with E-state index in [-0.39, 0.29) is 6.03 Å². The van der Waals surface area contributed by atoms with Crippen LogP contribution in [-0.2, 0) is 0 Å². The molecule has 0 atom stereocenters. The molecule has 0 aliphatic rings. The zero-order chi connectivity index (χ0) is 20.6. The van der Waals surface area contributed by atoms with E-state index >= 15 is 0 Å². The average Bonchev–Trinajstić information content (AvgIpc) is 2.73. The van der Waals surface area contributed by atoms with Gasteiger partial charge in [0.2, 0.25) is 0 Å². The number of ether oxygens (including phenoxy) is 1. The van der Waals surface area contributed by atoms with E-state index in [4.69, 9.17) is 33.7 Å². The molecule has 7 heteroatoms. The largest absolute Gasteiger partial charge is 0.457 e. The number of nitrogens with two attached hydrogens (primary N) is 1. The van der Waals surface area contributed by atoms with Crippen molar-refractivity contribution in [1.82, 2.24) is 0 Å². The Bertz CT molecular complexity index is 950. The van der Waals surface area contributed by atoms with Gasteiger partial charge in [0.15, 0.2) is 0 Å². The van der Waals surface area contributed by atoms with Crippen molar-refractivity contribution >= 4 is 40.6 Å². The summed E-state index contributed by atoms with van der Waals surface area (Å²) < 4.78 is 5.81. The number of carbonyl (C=O) groups is 1. The number of urea groups is 1. The molecule has 3 aromatic rings. The summed E-state index contributed by atoms with van der Waals surface area (Å²) >= 11 is 12.0. The quantitative estimate of drug-likeness (QED) is 0.471. The maximum atomic E-state index is 12.9. The van der Waals surface area contributed by atoms with E-state index in [1.54, 1.807) is 23.1 Å². The molecule has 0 fully saturated rings. The number of para-hydroxylation sites is 1. The van der Waals surface area contributed by atoms with Crippen LogP contribution in [0.25, 0.3) is 0 Å². The first-order chi connectivity index (χ1) is 14.1. The molecule has 0 saturated heterocycles. The van der Waals surface area contributed by atoms with Crippen molar-refractivity contribution in [3.05, 3.63) is 82.8 Å². The van der Waals surface area contributed by atoms with Crippen LogP contribution in [0.1, 0.15) is 6.42 Å². The maximum absolute atomic E-state index is 12.9. The normalized spacial score (nSPS) is 10.4. The lowest BCUT2D eigenvalue weighted by Gasteiger charge is -2.23. The van der Waals surface area contributed by atoms with Gasteiger partial charge >= 0.3 is 6.03 Å². The lowest BCUT2D eigenvalue weighted by atomic mass is 10.2. The van der Waals surface area contributed by atoms with E-state index in [9.17, 15) is 4.79 Å². The van der Waals surface area contributed by atoms with Gasteiger partial charge in [-0.25, -0.2) is 4.79 Å². The van der Waals surface area contributed by atoms with Crippen LogP contribution in [-0.4, -0.2) is 19.1 Å². The van der Waals surface area contributed by atoms with Crippen molar-refractivity contribution in [2.45, 2.75) is 6.42 Å². The Morgan fingerprint density at radius 3 is 2.28 bits per heavy atom. The summed E-state index contributed by atoms with van der Waals surface area (Å²) in [5.74, 6) is 1.43. The molecule has 0 aromatic heterocycles. The van der Waals surface area contributed by atoms with Gasteiger partial charge in [0.25, 0.3) is 0 Å². The minimum absolute atomic E-state index is 0.284. The molecule has 29 heavy (non-hydrogen) atoms. The van der Waals surface area contributed by atoms with Gasteiger partial charge < -0.3 is 15.8 Å². The molecular formula is C22H21Cl2N3O2. The molecule has 0 aliphatic carbocycles. The first-order valence-corrected chi connectivity index (χ1v) is 9.89. The van der Waals surface area contributed by atoms with Crippen molar-refractivity contribution in [1.29, 1.82) is 0 Å². The third-order valence-corrected chi connectivity index (χ3v) is 4.87. The Labute approximate surface area is 180 Å². The summed E-state index contributed by atoms with van der Waals surface area (Å²) in [6, 6.07) is 21.5. The van der Waals surface area contributed by atoms with Crippen molar-refractivity contribution in [3.8, 4) is 11.5 Å². The van der Waals surface area contributed by atoms with Gasteiger partial charge in [0.1, 0.15) is 11.5 Å². The fourth-order valence-corrected chi connectivity index (χ4v) is 2.98. The minimum Gasteiger partial charge on any atom is -0.457 e. The zero-order valence-electron chi connectivity index (χ0n) is 15.6. The lowest BCUT2D eigenvalue weighted by molar-refractivity contribution is 0.257. The Morgan fingerprint density at radius 2 is 1.62 bits per heavy atom. The van der Waals surface area contributed by atoms with Crippen LogP contribution in [0.2, 0.25) is 10.0 Å². The van der Waals surface area contributed by atoms with E-state index in [0.29, 0.717) is 41.0 Å². The molecule has 0 aliphatic heterocycles. The summed E-state index contributed by atoms with van der Waals surface area (Å²) in [5, 5.41) is 3.65. The number of halogens is 2. The minimum atomic E-state index is -0.284. The Kier molecular flexibility index (Phi) is 7.36. The highest BCUT2D eigenvalue weighted by atomic mass is 35.5. The third kappa shape index (κ3) is 5.87. The number of benzene rings is 3. The van der Waals surface area contributed by atoms with Crippen LogP contribution in [0.15, 0.2) is 72.8 Å². The van der Waals surface area contributed by atoms with Crippen molar-refractivity contribution in [3.63, 3.8) is 0 Å². The van der Waals surface area contributed by atoms with Crippen molar-refractivity contribution < 1.29 is 9.53 Å². The molecule has 0 radical (unpaired) electrons.